The summed E-state index contributed by atoms with van der Waals surface area (Å²) in [7, 11) is 0. The van der Waals surface area contributed by atoms with Gasteiger partial charge in [0, 0.05) is 43.3 Å². The van der Waals surface area contributed by atoms with Gasteiger partial charge in [0.15, 0.2) is 0 Å². The zero-order valence-electron chi connectivity index (χ0n) is 21.3. The Morgan fingerprint density at radius 1 is 1.26 bits per heavy atom. The number of hydrogen-bond donors (Lipinski definition) is 4. The molecule has 11 heteroatoms. The van der Waals surface area contributed by atoms with Crippen molar-refractivity contribution < 1.29 is 37.3 Å². The third-order valence-electron chi connectivity index (χ3n) is 7.53. The average molecular weight is 540 g/mol. The normalized spacial score (nSPS) is 21.4. The molecule has 38 heavy (non-hydrogen) atoms. The largest absolute Gasteiger partial charge is 0.471 e. The predicted molar refractivity (Wildman–Crippen MR) is 131 cm³/mol. The van der Waals surface area contributed by atoms with E-state index in [1.165, 1.54) is 31.3 Å². The fourth-order valence-electron chi connectivity index (χ4n) is 5.11. The number of halogens is 4. The second kappa shape index (κ2) is 11.2. The highest BCUT2D eigenvalue weighted by Gasteiger charge is 2.47. The van der Waals surface area contributed by atoms with E-state index in [2.05, 4.69) is 15.6 Å². The summed E-state index contributed by atoms with van der Waals surface area (Å²) >= 11 is 0. The lowest BCUT2D eigenvalue weighted by atomic mass is 9.73. The molecule has 0 bridgehead atoms. The van der Waals surface area contributed by atoms with Gasteiger partial charge in [0.25, 0.3) is 0 Å². The Kier molecular flexibility index (Phi) is 8.29. The molecular formula is C27H33F4N3O4. The van der Waals surface area contributed by atoms with Crippen molar-refractivity contribution in [3.05, 3.63) is 59.0 Å². The third-order valence-corrected chi connectivity index (χ3v) is 7.53. The zero-order valence-corrected chi connectivity index (χ0v) is 21.3. The van der Waals surface area contributed by atoms with Gasteiger partial charge in [0.05, 0.1) is 24.2 Å². The van der Waals surface area contributed by atoms with Crippen LogP contribution in [0.5, 0.6) is 5.88 Å². The second-order valence-electron chi connectivity index (χ2n) is 10.5. The predicted octanol–water partition coefficient (Wildman–Crippen LogP) is 3.90. The zero-order chi connectivity index (χ0) is 27.7. The van der Waals surface area contributed by atoms with Gasteiger partial charge in [-0.15, -0.1) is 0 Å². The maximum Gasteiger partial charge on any atom is 0.394 e. The molecule has 4 rings (SSSR count). The summed E-state index contributed by atoms with van der Waals surface area (Å²) in [6.07, 6.45) is -2.93. The molecule has 1 fully saturated rings. The van der Waals surface area contributed by atoms with E-state index >= 15 is 0 Å². The molecular weight excluding hydrogens is 506 g/mol. The van der Waals surface area contributed by atoms with E-state index in [0.717, 1.165) is 26.2 Å². The van der Waals surface area contributed by atoms with Crippen LogP contribution in [0.25, 0.3) is 0 Å². The summed E-state index contributed by atoms with van der Waals surface area (Å²) in [4.78, 5) is 16.1. The molecule has 1 aliphatic heterocycles. The molecule has 0 radical (unpaired) electrons. The third kappa shape index (κ3) is 6.44. The first-order chi connectivity index (χ1) is 17.9. The summed E-state index contributed by atoms with van der Waals surface area (Å²) in [5.74, 6) is -2.47. The molecule has 5 atom stereocenters. The highest BCUT2D eigenvalue weighted by molar-refractivity contribution is 5.73. The molecule has 7 nitrogen and oxygen atoms in total. The van der Waals surface area contributed by atoms with Crippen LogP contribution in [-0.4, -0.2) is 51.6 Å². The van der Waals surface area contributed by atoms with Crippen molar-refractivity contribution in [2.45, 2.75) is 82.0 Å². The lowest BCUT2D eigenvalue weighted by Crippen LogP contribution is -2.52. The van der Waals surface area contributed by atoms with E-state index < -0.39 is 47.8 Å². The number of benzene rings is 1. The number of carbonyl (C=O) groups excluding carboxylic acids is 1. The summed E-state index contributed by atoms with van der Waals surface area (Å²) in [5, 5.41) is 27.4. The maximum atomic E-state index is 13.7. The standard InChI is InChI=1S/C27H33F4N3O4/c1-15(27(29,30)31)24(37)18-11-20-22(12-26(7-4-8-26)38-25(20)33-13-18)32-14-23(36)21(34-16(2)35)10-17-5-3-6-19(28)9-17/h3,5-6,9,11,13,15,21-24,32,36-37H,4,7-8,10,12,14H2,1-2H3,(H,34,35)/t15?,21-,22-,23-,24?/m0/s1. The molecule has 1 aromatic carbocycles. The van der Waals surface area contributed by atoms with Gasteiger partial charge in [0.2, 0.25) is 11.8 Å². The molecule has 2 unspecified atom stereocenters. The van der Waals surface area contributed by atoms with Crippen LogP contribution in [0.4, 0.5) is 17.6 Å². The Hall–Kier alpha value is -2.76. The van der Waals surface area contributed by atoms with Gasteiger partial charge >= 0.3 is 6.18 Å². The molecule has 1 spiro atoms. The Balaban J connectivity index is 1.53. The minimum atomic E-state index is -4.58. The van der Waals surface area contributed by atoms with E-state index in [1.807, 2.05) is 0 Å². The van der Waals surface area contributed by atoms with Gasteiger partial charge in [-0.3, -0.25) is 4.79 Å². The van der Waals surface area contributed by atoms with Crippen molar-refractivity contribution in [2.24, 2.45) is 5.92 Å². The van der Waals surface area contributed by atoms with Crippen LogP contribution in [0, 0.1) is 11.7 Å². The van der Waals surface area contributed by atoms with Crippen molar-refractivity contribution in [1.29, 1.82) is 0 Å². The van der Waals surface area contributed by atoms with Gasteiger partial charge in [-0.1, -0.05) is 19.1 Å². The molecule has 2 heterocycles. The molecule has 1 saturated carbocycles. The number of hydrogen-bond acceptors (Lipinski definition) is 6. The van der Waals surface area contributed by atoms with Crippen molar-refractivity contribution in [3.8, 4) is 5.88 Å². The molecule has 2 aliphatic rings. The van der Waals surface area contributed by atoms with Crippen molar-refractivity contribution in [2.75, 3.05) is 6.54 Å². The number of nitrogens with zero attached hydrogens (tertiary/aromatic N) is 1. The van der Waals surface area contributed by atoms with E-state index in [0.29, 0.717) is 17.5 Å². The summed E-state index contributed by atoms with van der Waals surface area (Å²) < 4.78 is 59.4. The van der Waals surface area contributed by atoms with Crippen molar-refractivity contribution in [3.63, 3.8) is 0 Å². The van der Waals surface area contributed by atoms with Crippen LogP contribution in [0.3, 0.4) is 0 Å². The number of rotatable bonds is 9. The Morgan fingerprint density at radius 2 is 2.00 bits per heavy atom. The molecule has 1 amide bonds. The van der Waals surface area contributed by atoms with E-state index in [4.69, 9.17) is 4.74 Å². The van der Waals surface area contributed by atoms with Crippen LogP contribution in [0.1, 0.15) is 68.4 Å². The lowest BCUT2D eigenvalue weighted by Gasteiger charge is -2.47. The molecule has 4 N–H and O–H groups in total. The summed E-state index contributed by atoms with van der Waals surface area (Å²) in [5.41, 5.74) is 0.688. The van der Waals surface area contributed by atoms with Gasteiger partial charge in [-0.2, -0.15) is 13.2 Å². The summed E-state index contributed by atoms with van der Waals surface area (Å²) in [6, 6.07) is 6.25. The number of pyridine rings is 1. The molecule has 1 aliphatic carbocycles. The quantitative estimate of drug-likeness (QED) is 0.361. The number of amides is 1. The molecule has 208 valence electrons. The van der Waals surface area contributed by atoms with Gasteiger partial charge in [0.1, 0.15) is 11.4 Å². The molecule has 1 aromatic heterocycles. The first-order valence-electron chi connectivity index (χ1n) is 12.7. The number of aliphatic hydroxyl groups is 2. The second-order valence-corrected chi connectivity index (χ2v) is 10.5. The van der Waals surface area contributed by atoms with Gasteiger partial charge in [-0.25, -0.2) is 9.37 Å². The monoisotopic (exact) mass is 539 g/mol. The lowest BCUT2D eigenvalue weighted by molar-refractivity contribution is -0.195. The Morgan fingerprint density at radius 3 is 2.61 bits per heavy atom. The van der Waals surface area contributed by atoms with Crippen LogP contribution in [0.15, 0.2) is 36.5 Å². The average Bonchev–Trinajstić information content (AvgIpc) is 2.83. The fourth-order valence-corrected chi connectivity index (χ4v) is 5.11. The van der Waals surface area contributed by atoms with Crippen molar-refractivity contribution in [1.82, 2.24) is 15.6 Å². The fraction of sp³-hybridized carbons (Fsp3) is 0.556. The smallest absolute Gasteiger partial charge is 0.394 e. The minimum Gasteiger partial charge on any atom is -0.471 e. The number of nitrogens with one attached hydrogen (secondary N) is 2. The molecule has 0 saturated heterocycles. The van der Waals surface area contributed by atoms with Crippen LogP contribution in [0.2, 0.25) is 0 Å². The van der Waals surface area contributed by atoms with Gasteiger partial charge in [-0.05, 0) is 49.4 Å². The number of aliphatic hydroxyl groups excluding tert-OH is 2. The van der Waals surface area contributed by atoms with Crippen LogP contribution >= 0.6 is 0 Å². The highest BCUT2D eigenvalue weighted by atomic mass is 19.4. The topological polar surface area (TPSA) is 104 Å². The number of aromatic nitrogens is 1. The SMILES string of the molecule is CC(=O)N[C@@H](Cc1cccc(F)c1)[C@@H](O)CN[C@H]1CC2(CCC2)Oc2ncc(C(O)C(C)C(F)(F)F)cc21. The van der Waals surface area contributed by atoms with E-state index in [1.54, 1.807) is 12.1 Å². The summed E-state index contributed by atoms with van der Waals surface area (Å²) in [6.45, 7) is 2.28. The number of carbonyl (C=O) groups is 1. The van der Waals surface area contributed by atoms with E-state index in [-0.39, 0.29) is 30.3 Å². The first-order valence-corrected chi connectivity index (χ1v) is 12.7. The number of ether oxygens (including phenoxy) is 1. The molecule has 2 aromatic rings. The highest BCUT2D eigenvalue weighted by Crippen LogP contribution is 2.49. The number of fused-ring (bicyclic) bond motifs is 1. The Bertz CT molecular complexity index is 1140. The van der Waals surface area contributed by atoms with E-state index in [9.17, 15) is 32.6 Å². The Labute approximate surface area is 218 Å². The maximum absolute atomic E-state index is 13.7. The minimum absolute atomic E-state index is 0.0244. The van der Waals surface area contributed by atoms with Crippen LogP contribution < -0.4 is 15.4 Å². The van der Waals surface area contributed by atoms with Crippen LogP contribution in [-0.2, 0) is 11.2 Å². The first kappa shape index (κ1) is 28.3. The van der Waals surface area contributed by atoms with Crippen molar-refractivity contribution >= 4 is 5.91 Å². The van der Waals surface area contributed by atoms with Gasteiger partial charge < -0.3 is 25.6 Å². The number of alkyl halides is 3.